The van der Waals surface area contributed by atoms with E-state index in [1.54, 1.807) is 5.38 Å². The second-order valence-electron chi connectivity index (χ2n) is 1.67. The van der Waals surface area contributed by atoms with Crippen LogP contribution in [0, 0.1) is 0 Å². The van der Waals surface area contributed by atoms with E-state index in [0.29, 0.717) is 5.13 Å². The Bertz CT molecular complexity index is 260. The molecule has 0 atom stereocenters. The number of nitrogens with one attached hydrogen (secondary N) is 1. The molecule has 5 nitrogen and oxygen atoms in total. The maximum atomic E-state index is 10.8. The molecule has 0 saturated carbocycles. The fourth-order valence-corrected chi connectivity index (χ4v) is 1.13. The zero-order valence-corrected chi connectivity index (χ0v) is 6.64. The first-order valence-corrected chi connectivity index (χ1v) is 3.66. The van der Waals surface area contributed by atoms with Gasteiger partial charge in [0.25, 0.3) is 0 Å². The average Bonchev–Trinajstić information content (AvgIpc) is 2.50. The SMILES string of the molecule is COC(=O)c1csc(NN)n1. The molecule has 3 N–H and O–H groups in total. The number of nitrogens with zero attached hydrogens (tertiary/aromatic N) is 1. The van der Waals surface area contributed by atoms with E-state index in [0.717, 1.165) is 0 Å². The van der Waals surface area contributed by atoms with Crippen molar-refractivity contribution >= 4 is 22.4 Å². The highest BCUT2D eigenvalue weighted by atomic mass is 32.1. The molecular formula is C5H7N3O2S. The molecule has 0 amide bonds. The molecule has 0 bridgehead atoms. The monoisotopic (exact) mass is 173 g/mol. The quantitative estimate of drug-likeness (QED) is 0.380. The molecule has 0 unspecified atom stereocenters. The third-order valence-corrected chi connectivity index (χ3v) is 1.80. The van der Waals surface area contributed by atoms with Gasteiger partial charge in [-0.25, -0.2) is 15.6 Å². The van der Waals surface area contributed by atoms with Crippen LogP contribution in [0.4, 0.5) is 5.13 Å². The summed E-state index contributed by atoms with van der Waals surface area (Å²) in [5.74, 6) is 4.59. The third kappa shape index (κ3) is 1.66. The van der Waals surface area contributed by atoms with E-state index in [1.807, 2.05) is 0 Å². The molecule has 0 aromatic carbocycles. The summed E-state index contributed by atoms with van der Waals surface area (Å²) in [6.45, 7) is 0. The number of nitrogens with two attached hydrogens (primary N) is 1. The number of carbonyl (C=O) groups is 1. The van der Waals surface area contributed by atoms with Crippen LogP contribution in [0.25, 0.3) is 0 Å². The zero-order valence-electron chi connectivity index (χ0n) is 5.83. The zero-order chi connectivity index (χ0) is 8.27. The van der Waals surface area contributed by atoms with Crippen molar-refractivity contribution in [2.75, 3.05) is 12.5 Å². The molecule has 0 radical (unpaired) electrons. The number of ether oxygens (including phenoxy) is 1. The second kappa shape index (κ2) is 3.31. The Morgan fingerprint density at radius 2 is 2.64 bits per heavy atom. The number of aromatic nitrogens is 1. The largest absolute Gasteiger partial charge is 0.464 e. The summed E-state index contributed by atoms with van der Waals surface area (Å²) in [5.41, 5.74) is 2.59. The predicted octanol–water partition coefficient (Wildman–Crippen LogP) is 0.215. The summed E-state index contributed by atoms with van der Waals surface area (Å²) >= 11 is 1.25. The minimum atomic E-state index is -0.456. The highest BCUT2D eigenvalue weighted by molar-refractivity contribution is 7.13. The van der Waals surface area contributed by atoms with Crippen molar-refractivity contribution in [3.05, 3.63) is 11.1 Å². The second-order valence-corrected chi connectivity index (χ2v) is 2.53. The number of nitrogen functional groups attached to an aromatic ring is 1. The Morgan fingerprint density at radius 1 is 1.91 bits per heavy atom. The van der Waals surface area contributed by atoms with Crippen LogP contribution >= 0.6 is 11.3 Å². The van der Waals surface area contributed by atoms with Gasteiger partial charge < -0.3 is 4.74 Å². The van der Waals surface area contributed by atoms with Gasteiger partial charge in [-0.3, -0.25) is 5.43 Å². The number of carbonyl (C=O) groups excluding carboxylic acids is 1. The van der Waals surface area contributed by atoms with Gasteiger partial charge in [-0.15, -0.1) is 11.3 Å². The Morgan fingerprint density at radius 3 is 3.09 bits per heavy atom. The van der Waals surface area contributed by atoms with Crippen molar-refractivity contribution < 1.29 is 9.53 Å². The molecule has 1 aromatic heterocycles. The fraction of sp³-hybridized carbons (Fsp3) is 0.200. The van der Waals surface area contributed by atoms with E-state index in [4.69, 9.17) is 5.84 Å². The van der Waals surface area contributed by atoms with Crippen LogP contribution < -0.4 is 11.3 Å². The molecule has 0 aliphatic heterocycles. The van der Waals surface area contributed by atoms with Gasteiger partial charge in [-0.2, -0.15) is 0 Å². The number of esters is 1. The van der Waals surface area contributed by atoms with Crippen molar-refractivity contribution in [3.8, 4) is 0 Å². The van der Waals surface area contributed by atoms with Crippen molar-refractivity contribution in [1.82, 2.24) is 4.98 Å². The first-order chi connectivity index (χ1) is 5.27. The summed E-state index contributed by atoms with van der Waals surface area (Å²) in [5, 5.41) is 2.06. The highest BCUT2D eigenvalue weighted by Gasteiger charge is 2.08. The minimum absolute atomic E-state index is 0.269. The van der Waals surface area contributed by atoms with Crippen molar-refractivity contribution in [2.45, 2.75) is 0 Å². The van der Waals surface area contributed by atoms with Crippen LogP contribution in [0.1, 0.15) is 10.5 Å². The van der Waals surface area contributed by atoms with Crippen LogP contribution in [-0.4, -0.2) is 18.1 Å². The van der Waals surface area contributed by atoms with Gasteiger partial charge in [-0.1, -0.05) is 0 Å². The van der Waals surface area contributed by atoms with E-state index in [2.05, 4.69) is 15.1 Å². The smallest absolute Gasteiger partial charge is 0.357 e. The summed E-state index contributed by atoms with van der Waals surface area (Å²) < 4.78 is 4.43. The maximum Gasteiger partial charge on any atom is 0.357 e. The number of rotatable bonds is 2. The number of hydrazine groups is 1. The number of methoxy groups -OCH3 is 1. The highest BCUT2D eigenvalue weighted by Crippen LogP contribution is 2.13. The van der Waals surface area contributed by atoms with Crippen LogP contribution in [0.3, 0.4) is 0 Å². The first kappa shape index (κ1) is 7.96. The first-order valence-electron chi connectivity index (χ1n) is 2.78. The number of thiazole rings is 1. The topological polar surface area (TPSA) is 77.2 Å². The molecular weight excluding hydrogens is 166 g/mol. The summed E-state index contributed by atoms with van der Waals surface area (Å²) in [4.78, 5) is 14.6. The summed E-state index contributed by atoms with van der Waals surface area (Å²) in [6, 6.07) is 0. The van der Waals surface area contributed by atoms with Crippen LogP contribution in [-0.2, 0) is 4.74 Å². The van der Waals surface area contributed by atoms with E-state index < -0.39 is 5.97 Å². The standard InChI is InChI=1S/C5H7N3O2S/c1-10-4(9)3-2-11-5(7-3)8-6/h2H,6H2,1H3,(H,7,8). The molecule has 1 aromatic rings. The molecule has 11 heavy (non-hydrogen) atoms. The molecule has 0 aliphatic rings. The Labute approximate surface area is 67.2 Å². The molecule has 0 saturated heterocycles. The van der Waals surface area contributed by atoms with E-state index in [9.17, 15) is 4.79 Å². The van der Waals surface area contributed by atoms with Crippen LogP contribution in [0.15, 0.2) is 5.38 Å². The van der Waals surface area contributed by atoms with Gasteiger partial charge in [-0.05, 0) is 0 Å². The predicted molar refractivity (Wildman–Crippen MR) is 41.3 cm³/mol. The van der Waals surface area contributed by atoms with Gasteiger partial charge in [0.2, 0.25) is 0 Å². The molecule has 0 fully saturated rings. The minimum Gasteiger partial charge on any atom is -0.464 e. The average molecular weight is 173 g/mol. The van der Waals surface area contributed by atoms with Crippen LogP contribution in [0.2, 0.25) is 0 Å². The number of hydrogen-bond acceptors (Lipinski definition) is 6. The summed E-state index contributed by atoms with van der Waals surface area (Å²) in [7, 11) is 1.30. The molecule has 60 valence electrons. The van der Waals surface area contributed by atoms with E-state index >= 15 is 0 Å². The van der Waals surface area contributed by atoms with E-state index in [1.165, 1.54) is 18.4 Å². The summed E-state index contributed by atoms with van der Waals surface area (Å²) in [6.07, 6.45) is 0. The lowest BCUT2D eigenvalue weighted by atomic mass is 10.5. The van der Waals surface area contributed by atoms with Gasteiger partial charge in [0.15, 0.2) is 10.8 Å². The molecule has 6 heteroatoms. The third-order valence-electron chi connectivity index (χ3n) is 1.02. The fourth-order valence-electron chi connectivity index (χ4n) is 0.538. The van der Waals surface area contributed by atoms with Crippen molar-refractivity contribution in [1.29, 1.82) is 0 Å². The lowest BCUT2D eigenvalue weighted by molar-refractivity contribution is 0.0595. The van der Waals surface area contributed by atoms with Gasteiger partial charge >= 0.3 is 5.97 Å². The van der Waals surface area contributed by atoms with Crippen molar-refractivity contribution in [3.63, 3.8) is 0 Å². The normalized spacial score (nSPS) is 9.27. The van der Waals surface area contributed by atoms with Crippen LogP contribution in [0.5, 0.6) is 0 Å². The molecule has 0 spiro atoms. The Hall–Kier alpha value is -1.14. The Kier molecular flexibility index (Phi) is 2.40. The van der Waals surface area contributed by atoms with Crippen molar-refractivity contribution in [2.24, 2.45) is 5.84 Å². The Balaban J connectivity index is 2.80. The van der Waals surface area contributed by atoms with Gasteiger partial charge in [0.1, 0.15) is 0 Å². The number of anilines is 1. The van der Waals surface area contributed by atoms with Gasteiger partial charge in [0, 0.05) is 5.38 Å². The van der Waals surface area contributed by atoms with Gasteiger partial charge in [0.05, 0.1) is 7.11 Å². The number of hydrogen-bond donors (Lipinski definition) is 2. The lowest BCUT2D eigenvalue weighted by Gasteiger charge is -1.91. The lowest BCUT2D eigenvalue weighted by Crippen LogP contribution is -2.07. The van der Waals surface area contributed by atoms with E-state index in [-0.39, 0.29) is 5.69 Å². The molecule has 0 aliphatic carbocycles. The maximum absolute atomic E-state index is 10.8. The molecule has 1 rings (SSSR count). The molecule has 1 heterocycles.